The molecule has 1 spiro atoms. The van der Waals surface area contributed by atoms with Crippen molar-refractivity contribution in [2.24, 2.45) is 11.3 Å². The number of hydrogen-bond donors (Lipinski definition) is 2. The van der Waals surface area contributed by atoms with E-state index in [0.29, 0.717) is 0 Å². The summed E-state index contributed by atoms with van der Waals surface area (Å²) >= 11 is 0. The van der Waals surface area contributed by atoms with E-state index in [2.05, 4.69) is 0 Å². The smallest absolute Gasteiger partial charge is 0.247 e. The first-order valence-corrected chi connectivity index (χ1v) is 5.72. The highest BCUT2D eigenvalue weighted by Gasteiger charge is 2.45. The Bertz CT molecular complexity index is 221. The van der Waals surface area contributed by atoms with Gasteiger partial charge in [0.25, 0.3) is 0 Å². The standard InChI is InChI=1S/C11H19NO2/c13-10(12-14)9-5-1-2-6-11(9)7-3-4-8-11/h9,14H,1-8H2,(H,12,13). The van der Waals surface area contributed by atoms with E-state index in [4.69, 9.17) is 5.21 Å². The molecule has 0 aromatic heterocycles. The largest absolute Gasteiger partial charge is 0.289 e. The second-order valence-electron chi connectivity index (χ2n) is 4.84. The summed E-state index contributed by atoms with van der Waals surface area (Å²) in [4.78, 5) is 11.6. The number of nitrogens with one attached hydrogen (secondary N) is 1. The fourth-order valence-corrected chi connectivity index (χ4v) is 3.47. The zero-order valence-electron chi connectivity index (χ0n) is 8.59. The van der Waals surface area contributed by atoms with Crippen LogP contribution < -0.4 is 5.48 Å². The second kappa shape index (κ2) is 3.89. The fraction of sp³-hybridized carbons (Fsp3) is 0.909. The molecule has 1 unspecified atom stereocenters. The average molecular weight is 197 g/mol. The number of hydrogen-bond acceptors (Lipinski definition) is 2. The molecule has 1 amide bonds. The van der Waals surface area contributed by atoms with E-state index in [1.54, 1.807) is 0 Å². The van der Waals surface area contributed by atoms with Gasteiger partial charge in [-0.05, 0) is 31.1 Å². The molecule has 3 nitrogen and oxygen atoms in total. The Morgan fingerprint density at radius 2 is 1.71 bits per heavy atom. The predicted octanol–water partition coefficient (Wildman–Crippen LogP) is 2.24. The van der Waals surface area contributed by atoms with Gasteiger partial charge in [0.2, 0.25) is 5.91 Å². The molecule has 2 fully saturated rings. The first kappa shape index (κ1) is 9.97. The molecule has 3 heteroatoms. The van der Waals surface area contributed by atoms with Gasteiger partial charge in [0.05, 0.1) is 0 Å². The summed E-state index contributed by atoms with van der Waals surface area (Å²) in [5.41, 5.74) is 2.09. The predicted molar refractivity (Wildman–Crippen MR) is 52.8 cm³/mol. The van der Waals surface area contributed by atoms with Gasteiger partial charge >= 0.3 is 0 Å². The summed E-state index contributed by atoms with van der Waals surface area (Å²) in [6.07, 6.45) is 9.44. The van der Waals surface area contributed by atoms with Gasteiger partial charge in [-0.25, -0.2) is 5.48 Å². The summed E-state index contributed by atoms with van der Waals surface area (Å²) in [6, 6.07) is 0. The number of rotatable bonds is 1. The van der Waals surface area contributed by atoms with E-state index in [0.717, 1.165) is 12.8 Å². The fourth-order valence-electron chi connectivity index (χ4n) is 3.47. The van der Waals surface area contributed by atoms with Crippen molar-refractivity contribution in [1.29, 1.82) is 0 Å². The van der Waals surface area contributed by atoms with Gasteiger partial charge in [-0.15, -0.1) is 0 Å². The highest BCUT2D eigenvalue weighted by molar-refractivity contribution is 5.78. The van der Waals surface area contributed by atoms with Crippen molar-refractivity contribution in [3.8, 4) is 0 Å². The van der Waals surface area contributed by atoms with Gasteiger partial charge < -0.3 is 0 Å². The van der Waals surface area contributed by atoms with Crippen LogP contribution >= 0.6 is 0 Å². The van der Waals surface area contributed by atoms with Gasteiger partial charge in [-0.2, -0.15) is 0 Å². The highest BCUT2D eigenvalue weighted by atomic mass is 16.5. The Labute approximate surface area is 84.8 Å². The van der Waals surface area contributed by atoms with Crippen molar-refractivity contribution in [3.63, 3.8) is 0 Å². The molecule has 0 heterocycles. The molecule has 2 rings (SSSR count). The molecule has 0 saturated heterocycles. The molecular formula is C11H19NO2. The lowest BCUT2D eigenvalue weighted by atomic mass is 9.65. The van der Waals surface area contributed by atoms with E-state index in [9.17, 15) is 4.79 Å². The number of hydroxylamine groups is 1. The van der Waals surface area contributed by atoms with Crippen molar-refractivity contribution in [1.82, 2.24) is 5.48 Å². The molecule has 2 aliphatic carbocycles. The molecule has 0 bridgehead atoms. The van der Waals surface area contributed by atoms with Crippen LogP contribution in [0.25, 0.3) is 0 Å². The molecule has 0 aliphatic heterocycles. The zero-order valence-corrected chi connectivity index (χ0v) is 8.59. The van der Waals surface area contributed by atoms with Crippen LogP contribution in [0.15, 0.2) is 0 Å². The Morgan fingerprint density at radius 1 is 1.14 bits per heavy atom. The Balaban J connectivity index is 2.14. The third kappa shape index (κ3) is 1.54. The molecule has 0 aromatic carbocycles. The SMILES string of the molecule is O=C(NO)C1CCCCC12CCCC2. The highest BCUT2D eigenvalue weighted by Crippen LogP contribution is 2.52. The molecule has 2 aliphatic rings. The van der Waals surface area contributed by atoms with Crippen LogP contribution in [0.5, 0.6) is 0 Å². The summed E-state index contributed by atoms with van der Waals surface area (Å²) in [5.74, 6) is -0.0738. The van der Waals surface area contributed by atoms with Gasteiger partial charge in [0.1, 0.15) is 0 Å². The van der Waals surface area contributed by atoms with Crippen LogP contribution in [0.4, 0.5) is 0 Å². The molecule has 80 valence electrons. The molecule has 0 aromatic rings. The zero-order chi connectivity index (χ0) is 10.0. The lowest BCUT2D eigenvalue weighted by Gasteiger charge is -2.40. The van der Waals surface area contributed by atoms with Gasteiger partial charge in [0.15, 0.2) is 0 Å². The lowest BCUT2D eigenvalue weighted by molar-refractivity contribution is -0.139. The quantitative estimate of drug-likeness (QED) is 0.500. The summed E-state index contributed by atoms with van der Waals surface area (Å²) in [6.45, 7) is 0. The summed E-state index contributed by atoms with van der Waals surface area (Å²) in [5, 5.41) is 8.73. The molecule has 1 atom stereocenters. The third-order valence-corrected chi connectivity index (χ3v) is 4.18. The lowest BCUT2D eigenvalue weighted by Crippen LogP contribution is -2.41. The Hall–Kier alpha value is -0.570. The second-order valence-corrected chi connectivity index (χ2v) is 4.84. The Kier molecular flexibility index (Phi) is 2.77. The number of carbonyl (C=O) groups excluding carboxylic acids is 1. The minimum absolute atomic E-state index is 0.0729. The van der Waals surface area contributed by atoms with Crippen molar-refractivity contribution in [2.75, 3.05) is 0 Å². The van der Waals surface area contributed by atoms with E-state index < -0.39 is 0 Å². The minimum Gasteiger partial charge on any atom is -0.289 e. The molecule has 2 N–H and O–H groups in total. The average Bonchev–Trinajstić information content (AvgIpc) is 2.67. The number of amides is 1. The topological polar surface area (TPSA) is 49.3 Å². The van der Waals surface area contributed by atoms with Crippen LogP contribution in [-0.4, -0.2) is 11.1 Å². The van der Waals surface area contributed by atoms with E-state index >= 15 is 0 Å². The van der Waals surface area contributed by atoms with Crippen LogP contribution in [0.1, 0.15) is 51.4 Å². The minimum atomic E-state index is -0.147. The van der Waals surface area contributed by atoms with Gasteiger partial charge in [-0.3, -0.25) is 10.0 Å². The van der Waals surface area contributed by atoms with Crippen molar-refractivity contribution < 1.29 is 10.0 Å². The van der Waals surface area contributed by atoms with Crippen molar-refractivity contribution in [2.45, 2.75) is 51.4 Å². The first-order valence-electron chi connectivity index (χ1n) is 5.72. The first-order chi connectivity index (χ1) is 6.78. The maximum Gasteiger partial charge on any atom is 0.247 e. The van der Waals surface area contributed by atoms with E-state index in [1.807, 2.05) is 5.48 Å². The van der Waals surface area contributed by atoms with Crippen LogP contribution in [0, 0.1) is 11.3 Å². The Morgan fingerprint density at radius 3 is 2.29 bits per heavy atom. The van der Waals surface area contributed by atoms with Crippen molar-refractivity contribution >= 4 is 5.91 Å². The van der Waals surface area contributed by atoms with Gasteiger partial charge in [-0.1, -0.05) is 25.7 Å². The monoisotopic (exact) mass is 197 g/mol. The summed E-state index contributed by atoms with van der Waals surface area (Å²) in [7, 11) is 0. The molecule has 0 radical (unpaired) electrons. The van der Waals surface area contributed by atoms with Crippen LogP contribution in [0.2, 0.25) is 0 Å². The van der Waals surface area contributed by atoms with E-state index in [-0.39, 0.29) is 17.2 Å². The molecular weight excluding hydrogens is 178 g/mol. The normalized spacial score (nSPS) is 30.5. The van der Waals surface area contributed by atoms with Crippen LogP contribution in [0.3, 0.4) is 0 Å². The summed E-state index contributed by atoms with van der Waals surface area (Å²) < 4.78 is 0. The van der Waals surface area contributed by atoms with Crippen molar-refractivity contribution in [3.05, 3.63) is 0 Å². The maximum absolute atomic E-state index is 11.6. The maximum atomic E-state index is 11.6. The molecule has 2 saturated carbocycles. The van der Waals surface area contributed by atoms with E-state index in [1.165, 1.54) is 38.5 Å². The third-order valence-electron chi connectivity index (χ3n) is 4.18. The van der Waals surface area contributed by atoms with Gasteiger partial charge in [0, 0.05) is 5.92 Å². The number of carbonyl (C=O) groups is 1. The molecule has 14 heavy (non-hydrogen) atoms. The van der Waals surface area contributed by atoms with Crippen LogP contribution in [-0.2, 0) is 4.79 Å².